The molecule has 6 heteroatoms. The van der Waals surface area contributed by atoms with Gasteiger partial charge in [-0.1, -0.05) is 34.6 Å². The Bertz CT molecular complexity index is 455. The number of rotatable bonds is 24. The summed E-state index contributed by atoms with van der Waals surface area (Å²) < 4.78 is 16.6. The van der Waals surface area contributed by atoms with Crippen molar-refractivity contribution in [1.29, 1.82) is 0 Å². The molecule has 190 valence electrons. The van der Waals surface area contributed by atoms with Gasteiger partial charge in [0.15, 0.2) is 11.6 Å². The molecule has 0 bridgehead atoms. The van der Waals surface area contributed by atoms with Gasteiger partial charge in [-0.15, -0.1) is 0 Å². The zero-order chi connectivity index (χ0) is 24.0. The van der Waals surface area contributed by atoms with Gasteiger partial charge in [-0.3, -0.25) is 9.59 Å². The Morgan fingerprint density at radius 1 is 0.719 bits per heavy atom. The molecule has 2 atom stereocenters. The second-order valence-corrected chi connectivity index (χ2v) is 9.32. The third-order valence-corrected chi connectivity index (χ3v) is 5.64. The van der Waals surface area contributed by atoms with Crippen LogP contribution in [0.25, 0.3) is 0 Å². The summed E-state index contributed by atoms with van der Waals surface area (Å²) in [5, 5.41) is 3.41. The second-order valence-electron chi connectivity index (χ2n) is 9.32. The predicted octanol–water partition coefficient (Wildman–Crippen LogP) is 4.98. The molecule has 0 aliphatic carbocycles. The standard InChI is InChI=1S/C26H51NO5/c1-6-25(28)20-31-18-11-10-16-30-19-14-23(4)12-13-24(5)26(29)21-32-17-9-7-8-15-27-22(2)3/h22-24,27H,6-21H2,1-5H3. The van der Waals surface area contributed by atoms with Gasteiger partial charge < -0.3 is 19.5 Å². The number of carbonyl (C=O) groups is 2. The number of ketones is 2. The van der Waals surface area contributed by atoms with E-state index in [1.807, 2.05) is 13.8 Å². The SMILES string of the molecule is CCC(=O)COCCCCOCCC(C)CCC(C)C(=O)COCCCCCNC(C)C. The Morgan fingerprint density at radius 2 is 1.34 bits per heavy atom. The third kappa shape index (κ3) is 21.0. The van der Waals surface area contributed by atoms with Crippen LogP contribution in [-0.2, 0) is 23.8 Å². The van der Waals surface area contributed by atoms with Gasteiger partial charge in [0.25, 0.3) is 0 Å². The van der Waals surface area contributed by atoms with Gasteiger partial charge in [0, 0.05) is 44.8 Å². The largest absolute Gasteiger partial charge is 0.381 e. The first-order valence-corrected chi connectivity index (χ1v) is 12.9. The van der Waals surface area contributed by atoms with Crippen molar-refractivity contribution in [3.63, 3.8) is 0 Å². The van der Waals surface area contributed by atoms with E-state index in [-0.39, 0.29) is 30.7 Å². The summed E-state index contributed by atoms with van der Waals surface area (Å²) in [6, 6.07) is 0.543. The van der Waals surface area contributed by atoms with E-state index in [0.717, 1.165) is 71.1 Å². The Hall–Kier alpha value is -0.820. The minimum Gasteiger partial charge on any atom is -0.381 e. The van der Waals surface area contributed by atoms with E-state index < -0.39 is 0 Å². The number of Topliss-reactive ketones (excluding diaryl/α,β-unsaturated/α-hetero) is 2. The zero-order valence-electron chi connectivity index (χ0n) is 21.6. The fourth-order valence-corrected chi connectivity index (χ4v) is 3.13. The van der Waals surface area contributed by atoms with Gasteiger partial charge in [0.2, 0.25) is 0 Å². The molecular formula is C26H51NO5. The Morgan fingerprint density at radius 3 is 2.00 bits per heavy atom. The number of hydrogen-bond acceptors (Lipinski definition) is 6. The van der Waals surface area contributed by atoms with Crippen molar-refractivity contribution in [1.82, 2.24) is 5.32 Å². The molecule has 1 N–H and O–H groups in total. The number of hydrogen-bond donors (Lipinski definition) is 1. The van der Waals surface area contributed by atoms with Crippen LogP contribution in [0.15, 0.2) is 0 Å². The van der Waals surface area contributed by atoms with Crippen LogP contribution in [0, 0.1) is 11.8 Å². The molecule has 0 rings (SSSR count). The minimum atomic E-state index is 0.0631. The predicted molar refractivity (Wildman–Crippen MR) is 131 cm³/mol. The van der Waals surface area contributed by atoms with Crippen LogP contribution in [0.5, 0.6) is 0 Å². The highest BCUT2D eigenvalue weighted by atomic mass is 16.5. The number of ether oxygens (including phenoxy) is 3. The van der Waals surface area contributed by atoms with Gasteiger partial charge in [-0.2, -0.15) is 0 Å². The summed E-state index contributed by atoms with van der Waals surface area (Å²) in [5.74, 6) is 0.986. The lowest BCUT2D eigenvalue weighted by atomic mass is 9.94. The van der Waals surface area contributed by atoms with Crippen LogP contribution in [0.2, 0.25) is 0 Å². The van der Waals surface area contributed by atoms with Crippen LogP contribution < -0.4 is 5.32 Å². The van der Waals surface area contributed by atoms with Crippen LogP contribution in [0.1, 0.15) is 92.4 Å². The molecule has 32 heavy (non-hydrogen) atoms. The average molecular weight is 458 g/mol. The average Bonchev–Trinajstić information content (AvgIpc) is 2.77. The molecule has 0 amide bonds. The number of nitrogens with one attached hydrogen (secondary N) is 1. The van der Waals surface area contributed by atoms with Crippen LogP contribution in [0.4, 0.5) is 0 Å². The topological polar surface area (TPSA) is 73.9 Å². The maximum Gasteiger partial charge on any atom is 0.161 e. The summed E-state index contributed by atoms with van der Waals surface area (Å²) in [7, 11) is 0. The van der Waals surface area contributed by atoms with Gasteiger partial charge >= 0.3 is 0 Å². The summed E-state index contributed by atoms with van der Waals surface area (Å²) in [6.07, 6.45) is 8.70. The molecule has 0 aliphatic rings. The van der Waals surface area contributed by atoms with Crippen molar-refractivity contribution in [2.24, 2.45) is 11.8 Å². The Labute approximate surface area is 197 Å². The molecule has 6 nitrogen and oxygen atoms in total. The van der Waals surface area contributed by atoms with E-state index in [1.54, 1.807) is 0 Å². The summed E-state index contributed by atoms with van der Waals surface area (Å²) in [6.45, 7) is 14.7. The highest BCUT2D eigenvalue weighted by Gasteiger charge is 2.14. The normalized spacial score (nSPS) is 13.4. The maximum atomic E-state index is 12.2. The highest BCUT2D eigenvalue weighted by Crippen LogP contribution is 2.16. The molecule has 0 spiro atoms. The van der Waals surface area contributed by atoms with Crippen molar-refractivity contribution < 1.29 is 23.8 Å². The fraction of sp³-hybridized carbons (Fsp3) is 0.923. The van der Waals surface area contributed by atoms with Crippen molar-refractivity contribution >= 4 is 11.6 Å². The fourth-order valence-electron chi connectivity index (χ4n) is 3.13. The molecule has 0 fully saturated rings. The lowest BCUT2D eigenvalue weighted by Gasteiger charge is -2.15. The third-order valence-electron chi connectivity index (χ3n) is 5.64. The number of carbonyl (C=O) groups excluding carboxylic acids is 2. The van der Waals surface area contributed by atoms with Crippen molar-refractivity contribution in [2.75, 3.05) is 46.2 Å². The molecule has 0 radical (unpaired) electrons. The van der Waals surface area contributed by atoms with E-state index in [9.17, 15) is 9.59 Å². The van der Waals surface area contributed by atoms with Crippen LogP contribution in [0.3, 0.4) is 0 Å². The molecule has 0 aromatic rings. The summed E-state index contributed by atoms with van der Waals surface area (Å²) in [5.41, 5.74) is 0. The minimum absolute atomic E-state index is 0.0631. The van der Waals surface area contributed by atoms with E-state index in [0.29, 0.717) is 31.6 Å². The van der Waals surface area contributed by atoms with Gasteiger partial charge in [-0.05, 0) is 63.8 Å². The molecular weight excluding hydrogens is 406 g/mol. The molecule has 2 unspecified atom stereocenters. The van der Waals surface area contributed by atoms with Crippen molar-refractivity contribution in [3.05, 3.63) is 0 Å². The maximum absolute atomic E-state index is 12.2. The first kappa shape index (κ1) is 31.2. The molecule has 0 saturated heterocycles. The van der Waals surface area contributed by atoms with Gasteiger partial charge in [0.05, 0.1) is 0 Å². The first-order chi connectivity index (χ1) is 15.4. The highest BCUT2D eigenvalue weighted by molar-refractivity contribution is 5.81. The number of unbranched alkanes of at least 4 members (excludes halogenated alkanes) is 3. The zero-order valence-corrected chi connectivity index (χ0v) is 21.6. The van der Waals surface area contributed by atoms with Gasteiger partial charge in [-0.25, -0.2) is 0 Å². The Balaban J connectivity index is 3.51. The summed E-state index contributed by atoms with van der Waals surface area (Å²) >= 11 is 0. The summed E-state index contributed by atoms with van der Waals surface area (Å²) in [4.78, 5) is 23.4. The monoisotopic (exact) mass is 457 g/mol. The second kappa shape index (κ2) is 22.0. The Kier molecular flexibility index (Phi) is 21.4. The van der Waals surface area contributed by atoms with Gasteiger partial charge in [0.1, 0.15) is 13.2 Å². The lowest BCUT2D eigenvalue weighted by Crippen LogP contribution is -2.23. The van der Waals surface area contributed by atoms with Crippen molar-refractivity contribution in [3.8, 4) is 0 Å². The van der Waals surface area contributed by atoms with E-state index in [1.165, 1.54) is 0 Å². The van der Waals surface area contributed by atoms with E-state index in [2.05, 4.69) is 26.1 Å². The van der Waals surface area contributed by atoms with Crippen LogP contribution in [-0.4, -0.2) is 63.8 Å². The smallest absolute Gasteiger partial charge is 0.161 e. The molecule has 0 saturated carbocycles. The first-order valence-electron chi connectivity index (χ1n) is 12.9. The quantitative estimate of drug-likeness (QED) is 0.206. The van der Waals surface area contributed by atoms with Crippen LogP contribution >= 0.6 is 0 Å². The van der Waals surface area contributed by atoms with E-state index in [4.69, 9.17) is 14.2 Å². The van der Waals surface area contributed by atoms with Crippen molar-refractivity contribution in [2.45, 2.75) is 98.4 Å². The lowest BCUT2D eigenvalue weighted by molar-refractivity contribution is -0.127. The molecule has 0 aliphatic heterocycles. The van der Waals surface area contributed by atoms with E-state index >= 15 is 0 Å². The molecule has 0 aromatic heterocycles. The molecule has 0 heterocycles. The molecule has 0 aromatic carbocycles.